The van der Waals surface area contributed by atoms with E-state index in [0.717, 1.165) is 29.1 Å². The molecule has 5 rings (SSSR count). The van der Waals surface area contributed by atoms with Crippen LogP contribution in [0, 0.1) is 12.8 Å². The number of morpholine rings is 1. The van der Waals surface area contributed by atoms with Crippen LogP contribution in [-0.4, -0.2) is 59.3 Å². The number of methoxy groups -OCH3 is 1. The van der Waals surface area contributed by atoms with Crippen molar-refractivity contribution in [3.63, 3.8) is 0 Å². The van der Waals surface area contributed by atoms with Crippen molar-refractivity contribution in [2.24, 2.45) is 5.92 Å². The molecule has 3 atom stereocenters. The number of aliphatic hydroxyl groups excluding tert-OH is 1. The van der Waals surface area contributed by atoms with Crippen LogP contribution in [0.3, 0.4) is 0 Å². The van der Waals surface area contributed by atoms with E-state index in [4.69, 9.17) is 27.9 Å². The molecule has 3 aromatic rings. The van der Waals surface area contributed by atoms with E-state index in [0.29, 0.717) is 23.1 Å². The topological polar surface area (TPSA) is 89.0 Å². The lowest BCUT2D eigenvalue weighted by atomic mass is 9.99. The predicted octanol–water partition coefficient (Wildman–Crippen LogP) is 5.92. The Morgan fingerprint density at radius 1 is 1.08 bits per heavy atom. The number of aliphatic hydroxyl groups is 1. The zero-order valence-corrected chi connectivity index (χ0v) is 23.8. The van der Waals surface area contributed by atoms with E-state index in [1.807, 2.05) is 66.4 Å². The highest BCUT2D eigenvalue weighted by atomic mass is 35.5. The highest BCUT2D eigenvalue weighted by Gasteiger charge is 2.44. The van der Waals surface area contributed by atoms with Gasteiger partial charge in [-0.15, -0.1) is 0 Å². The van der Waals surface area contributed by atoms with E-state index in [2.05, 4.69) is 9.72 Å². The molecule has 2 aromatic carbocycles. The first-order valence-corrected chi connectivity index (χ1v) is 13.5. The molecule has 1 saturated carbocycles. The fourth-order valence-corrected chi connectivity index (χ4v) is 4.42. The summed E-state index contributed by atoms with van der Waals surface area (Å²) in [5.41, 5.74) is 2.37. The van der Waals surface area contributed by atoms with E-state index in [1.165, 1.54) is 13.3 Å². The van der Waals surface area contributed by atoms with Crippen molar-refractivity contribution < 1.29 is 24.2 Å². The van der Waals surface area contributed by atoms with Crippen LogP contribution in [0.25, 0.3) is 0 Å². The second-order valence-electron chi connectivity index (χ2n) is 9.35. The molecule has 2 heterocycles. The molecule has 1 aromatic heterocycles. The molecule has 2 unspecified atom stereocenters. The number of esters is 1. The van der Waals surface area contributed by atoms with Crippen LogP contribution in [0.2, 0.25) is 10.0 Å². The number of carbonyl (C=O) groups is 2. The van der Waals surface area contributed by atoms with Crippen molar-refractivity contribution in [3.05, 3.63) is 99.8 Å². The number of aromatic nitrogens is 1. The number of carbonyl (C=O) groups excluding carboxylic acids is 2. The van der Waals surface area contributed by atoms with Gasteiger partial charge in [0.15, 0.2) is 0 Å². The maximum atomic E-state index is 12.6. The molecule has 1 saturated heterocycles. The monoisotopic (exact) mass is 572 g/mol. The predicted molar refractivity (Wildman–Crippen MR) is 152 cm³/mol. The van der Waals surface area contributed by atoms with Crippen LogP contribution < -0.4 is 0 Å². The van der Waals surface area contributed by atoms with E-state index in [9.17, 15) is 14.7 Å². The van der Waals surface area contributed by atoms with Gasteiger partial charge in [-0.3, -0.25) is 9.78 Å². The number of ether oxygens (including phenoxy) is 2. The van der Waals surface area contributed by atoms with E-state index in [-0.39, 0.29) is 30.6 Å². The molecule has 208 valence electrons. The van der Waals surface area contributed by atoms with Crippen LogP contribution in [0.4, 0.5) is 0 Å². The number of hydrogen-bond acceptors (Lipinski definition) is 6. The first-order valence-electron chi connectivity index (χ1n) is 12.8. The highest BCUT2D eigenvalue weighted by Crippen LogP contribution is 2.40. The molecule has 7 nitrogen and oxygen atoms in total. The minimum Gasteiger partial charge on any atom is -0.465 e. The zero-order valence-electron chi connectivity index (χ0n) is 22.3. The van der Waals surface area contributed by atoms with Gasteiger partial charge >= 0.3 is 5.97 Å². The average Bonchev–Trinajstić information content (AvgIpc) is 3.79. The Bertz CT molecular complexity index is 1190. The molecule has 1 aliphatic carbocycles. The summed E-state index contributed by atoms with van der Waals surface area (Å²) in [5.74, 6) is 0.0312. The number of rotatable bonds is 5. The Labute approximate surface area is 239 Å². The summed E-state index contributed by atoms with van der Waals surface area (Å²) in [6, 6.07) is 20.1. The number of halogens is 2. The summed E-state index contributed by atoms with van der Waals surface area (Å²) in [5, 5.41) is 11.2. The lowest BCUT2D eigenvalue weighted by Gasteiger charge is -2.43. The second kappa shape index (κ2) is 15.0. The van der Waals surface area contributed by atoms with Gasteiger partial charge in [0.1, 0.15) is 6.10 Å². The van der Waals surface area contributed by atoms with Crippen LogP contribution in [-0.2, 0) is 14.3 Å². The normalized spacial score (nSPS) is 19.1. The summed E-state index contributed by atoms with van der Waals surface area (Å²) in [6.07, 6.45) is 3.22. The zero-order chi connectivity index (χ0) is 28.4. The summed E-state index contributed by atoms with van der Waals surface area (Å²) in [7, 11) is 1.35. The molecule has 1 N–H and O–H groups in total. The minimum absolute atomic E-state index is 0.00716. The van der Waals surface area contributed by atoms with Crippen molar-refractivity contribution in [1.82, 2.24) is 9.88 Å². The second-order valence-corrected chi connectivity index (χ2v) is 10.2. The van der Waals surface area contributed by atoms with Gasteiger partial charge in [-0.2, -0.15) is 0 Å². The van der Waals surface area contributed by atoms with E-state index >= 15 is 0 Å². The van der Waals surface area contributed by atoms with Gasteiger partial charge in [-0.1, -0.05) is 53.5 Å². The Morgan fingerprint density at radius 2 is 1.72 bits per heavy atom. The first kappa shape index (κ1) is 30.6. The third kappa shape index (κ3) is 9.04. The molecule has 1 amide bonds. The van der Waals surface area contributed by atoms with Crippen LogP contribution in [0.5, 0.6) is 0 Å². The Balaban J connectivity index is 0.000000194. The van der Waals surface area contributed by atoms with Crippen molar-refractivity contribution in [3.8, 4) is 0 Å². The van der Waals surface area contributed by atoms with Crippen LogP contribution >= 0.6 is 23.2 Å². The van der Waals surface area contributed by atoms with Gasteiger partial charge in [0.25, 0.3) is 5.91 Å². The molecule has 0 radical (unpaired) electrons. The van der Waals surface area contributed by atoms with Gasteiger partial charge in [0.2, 0.25) is 0 Å². The largest absolute Gasteiger partial charge is 0.465 e. The van der Waals surface area contributed by atoms with Crippen LogP contribution in [0.15, 0.2) is 72.9 Å². The third-order valence-corrected chi connectivity index (χ3v) is 6.98. The molecule has 2 fully saturated rings. The van der Waals surface area contributed by atoms with E-state index in [1.54, 1.807) is 19.1 Å². The first-order chi connectivity index (χ1) is 18.7. The van der Waals surface area contributed by atoms with Gasteiger partial charge in [-0.05, 0) is 74.6 Å². The summed E-state index contributed by atoms with van der Waals surface area (Å²) < 4.78 is 10.1. The fourth-order valence-electron chi connectivity index (χ4n) is 4.15. The Hall–Kier alpha value is -2.97. The number of pyridine rings is 1. The molecular weight excluding hydrogens is 539 g/mol. The van der Waals surface area contributed by atoms with Gasteiger partial charge in [-0.25, -0.2) is 4.79 Å². The minimum atomic E-state index is -0.443. The fraction of sp³-hybridized carbons (Fsp3) is 0.367. The molecular formula is C30H34Cl2N2O5. The lowest BCUT2D eigenvalue weighted by molar-refractivity contribution is -0.164. The summed E-state index contributed by atoms with van der Waals surface area (Å²) in [6.45, 7) is 4.10. The van der Waals surface area contributed by atoms with Crippen molar-refractivity contribution in [2.45, 2.75) is 44.9 Å². The summed E-state index contributed by atoms with van der Waals surface area (Å²) in [4.78, 5) is 29.2. The van der Waals surface area contributed by atoms with Gasteiger partial charge in [0, 0.05) is 21.9 Å². The quantitative estimate of drug-likeness (QED) is 0.382. The smallest absolute Gasteiger partial charge is 0.339 e. The van der Waals surface area contributed by atoms with Gasteiger partial charge < -0.3 is 19.5 Å². The number of nitrogens with zero attached hydrogens (tertiary/aromatic N) is 2. The summed E-state index contributed by atoms with van der Waals surface area (Å²) >= 11 is 11.5. The van der Waals surface area contributed by atoms with Crippen LogP contribution in [0.1, 0.15) is 47.4 Å². The molecule has 0 spiro atoms. The number of hydrogen-bond donors (Lipinski definition) is 1. The molecule has 0 bridgehead atoms. The number of benzene rings is 2. The number of aryl methyl sites for hydroxylation is 1. The maximum absolute atomic E-state index is 12.6. The van der Waals surface area contributed by atoms with E-state index < -0.39 is 6.10 Å². The van der Waals surface area contributed by atoms with Crippen molar-refractivity contribution >= 4 is 35.1 Å². The molecule has 2 aliphatic rings. The highest BCUT2D eigenvalue weighted by molar-refractivity contribution is 6.30. The standard InChI is InChI=1S/C16H20ClNO3.C8H9NO2.C6H5Cl/c1-10-16(20)18(14(8-19)11-2-3-11)15(9-21-10)12-4-6-13(17)7-5-12;1-6-3-4-7(5-9-6)8(10)11-2;7-6-4-2-1-3-5-6/h4-7,10-11,14-15,19H,2-3,8-9H2,1H3;3-5H,1-2H3;1-5H/t10?,14?,15-;;/m0../s1. The molecule has 9 heteroatoms. The van der Waals surface area contributed by atoms with Gasteiger partial charge in [0.05, 0.1) is 38.0 Å². The molecule has 39 heavy (non-hydrogen) atoms. The lowest BCUT2D eigenvalue weighted by Crippen LogP contribution is -2.54. The average molecular weight is 574 g/mol. The Morgan fingerprint density at radius 3 is 2.21 bits per heavy atom. The third-order valence-electron chi connectivity index (χ3n) is 6.47. The molecule has 1 aliphatic heterocycles. The SMILES string of the molecule is CC1OC[C@@H](c2ccc(Cl)cc2)N(C(CO)C2CC2)C1=O.COC(=O)c1ccc(C)nc1.Clc1ccccc1. The van der Waals surface area contributed by atoms with Crippen molar-refractivity contribution in [2.75, 3.05) is 20.3 Å². The Kier molecular flexibility index (Phi) is 11.7. The van der Waals surface area contributed by atoms with Crippen molar-refractivity contribution in [1.29, 1.82) is 0 Å². The maximum Gasteiger partial charge on any atom is 0.339 e. The number of amides is 1.